The highest BCUT2D eigenvalue weighted by atomic mass is 35.5. The smallest absolute Gasteiger partial charge is 0.243 e. The second-order valence-corrected chi connectivity index (χ2v) is 10.6. The Balaban J connectivity index is 1.75. The highest BCUT2D eigenvalue weighted by Gasteiger charge is 2.35. The summed E-state index contributed by atoms with van der Waals surface area (Å²) < 4.78 is 49.1. The van der Waals surface area contributed by atoms with E-state index in [0.717, 1.165) is 5.56 Å². The van der Waals surface area contributed by atoms with Crippen molar-refractivity contribution in [1.82, 2.24) is 9.21 Å². The average Bonchev–Trinajstić information content (AvgIpc) is 2.87. The number of rotatable bonds is 9. The molecule has 2 aromatic rings. The second-order valence-electron chi connectivity index (χ2n) is 8.23. The van der Waals surface area contributed by atoms with E-state index >= 15 is 0 Å². The van der Waals surface area contributed by atoms with Crippen LogP contribution in [-0.4, -0.2) is 72.1 Å². The monoisotopic (exact) mass is 526 g/mol. The molecule has 192 valence electrons. The molecule has 0 radical (unpaired) electrons. The molecular weight excluding hydrogens is 496 g/mol. The number of nitrogens with zero attached hydrogens (tertiary/aromatic N) is 2. The molecule has 0 spiro atoms. The third-order valence-electron chi connectivity index (χ3n) is 6.01. The van der Waals surface area contributed by atoms with Gasteiger partial charge in [-0.2, -0.15) is 4.31 Å². The van der Waals surface area contributed by atoms with Crippen molar-refractivity contribution in [2.45, 2.75) is 24.3 Å². The number of ether oxygens (including phenoxy) is 4. The number of methoxy groups -OCH3 is 4. The minimum absolute atomic E-state index is 0.0715. The first-order chi connectivity index (χ1) is 16.7. The SMILES string of the molecule is COc1ccc(S(=O)(=O)N2CCCC(C(=O)N(C)Cc3cc(OC)c(OC)c(OC)c3)C2)cc1Cl. The minimum Gasteiger partial charge on any atom is -0.495 e. The number of carbonyl (C=O) groups excluding carboxylic acids is 1. The third kappa shape index (κ3) is 5.76. The maximum atomic E-state index is 13.3. The van der Waals surface area contributed by atoms with Crippen molar-refractivity contribution in [3.63, 3.8) is 0 Å². The van der Waals surface area contributed by atoms with Crippen molar-refractivity contribution < 1.29 is 32.2 Å². The molecule has 1 atom stereocenters. The molecule has 35 heavy (non-hydrogen) atoms. The van der Waals surface area contributed by atoms with Crippen molar-refractivity contribution in [2.75, 3.05) is 48.6 Å². The van der Waals surface area contributed by atoms with Crippen molar-refractivity contribution in [1.29, 1.82) is 0 Å². The van der Waals surface area contributed by atoms with Gasteiger partial charge in [-0.15, -0.1) is 0 Å². The first kappa shape index (κ1) is 26.9. The lowest BCUT2D eigenvalue weighted by Gasteiger charge is -2.33. The van der Waals surface area contributed by atoms with E-state index in [1.165, 1.54) is 50.9 Å². The van der Waals surface area contributed by atoms with Crippen LogP contribution in [0.15, 0.2) is 35.2 Å². The molecule has 11 heteroatoms. The Morgan fingerprint density at radius 2 is 1.66 bits per heavy atom. The van der Waals surface area contributed by atoms with E-state index in [4.69, 9.17) is 30.5 Å². The van der Waals surface area contributed by atoms with Gasteiger partial charge in [-0.25, -0.2) is 8.42 Å². The number of benzene rings is 2. The lowest BCUT2D eigenvalue weighted by molar-refractivity contribution is -0.135. The Morgan fingerprint density at radius 3 is 2.20 bits per heavy atom. The van der Waals surface area contributed by atoms with Crippen LogP contribution in [0.1, 0.15) is 18.4 Å². The van der Waals surface area contributed by atoms with E-state index in [9.17, 15) is 13.2 Å². The number of amides is 1. The molecule has 0 bridgehead atoms. The zero-order chi connectivity index (χ0) is 25.8. The molecule has 0 aromatic heterocycles. The van der Waals surface area contributed by atoms with E-state index < -0.39 is 15.9 Å². The van der Waals surface area contributed by atoms with Crippen molar-refractivity contribution >= 4 is 27.5 Å². The first-order valence-electron chi connectivity index (χ1n) is 11.0. The molecule has 1 aliphatic rings. The average molecular weight is 527 g/mol. The Labute approximate surface area is 211 Å². The molecule has 1 aliphatic heterocycles. The summed E-state index contributed by atoms with van der Waals surface area (Å²) in [6, 6.07) is 7.93. The largest absolute Gasteiger partial charge is 0.495 e. The summed E-state index contributed by atoms with van der Waals surface area (Å²) in [6.45, 7) is 0.740. The predicted molar refractivity (Wildman–Crippen MR) is 132 cm³/mol. The standard InChI is InChI=1S/C24H31ClN2O7S/c1-26(14-16-11-21(32-3)23(34-5)22(12-16)33-4)24(28)17-7-6-10-27(15-17)35(29,30)18-8-9-20(31-2)19(25)13-18/h8-9,11-13,17H,6-7,10,14-15H2,1-5H3. The molecule has 0 saturated carbocycles. The van der Waals surface area contributed by atoms with Gasteiger partial charge in [-0.1, -0.05) is 11.6 Å². The number of piperidine rings is 1. The van der Waals surface area contributed by atoms with Crippen LogP contribution in [0.5, 0.6) is 23.0 Å². The summed E-state index contributed by atoms with van der Waals surface area (Å²) in [5, 5.41) is 0.211. The Hall–Kier alpha value is -2.69. The van der Waals surface area contributed by atoms with Crippen LogP contribution >= 0.6 is 11.6 Å². The van der Waals surface area contributed by atoms with E-state index in [2.05, 4.69) is 0 Å². The number of hydrogen-bond acceptors (Lipinski definition) is 7. The maximum Gasteiger partial charge on any atom is 0.243 e. The maximum absolute atomic E-state index is 13.3. The van der Waals surface area contributed by atoms with E-state index in [-0.39, 0.29) is 22.4 Å². The Bertz CT molecular complexity index is 1150. The summed E-state index contributed by atoms with van der Waals surface area (Å²) in [5.74, 6) is 1.27. The molecule has 0 aliphatic carbocycles. The summed E-state index contributed by atoms with van der Waals surface area (Å²) in [5.41, 5.74) is 0.795. The molecule has 1 amide bonds. The van der Waals surface area contributed by atoms with Crippen LogP contribution < -0.4 is 18.9 Å². The normalized spacial score (nSPS) is 16.5. The predicted octanol–water partition coefficient (Wildman–Crippen LogP) is 3.43. The highest BCUT2D eigenvalue weighted by Crippen LogP contribution is 2.38. The highest BCUT2D eigenvalue weighted by molar-refractivity contribution is 7.89. The van der Waals surface area contributed by atoms with Crippen LogP contribution in [0.3, 0.4) is 0 Å². The first-order valence-corrected chi connectivity index (χ1v) is 12.9. The van der Waals surface area contributed by atoms with Gasteiger partial charge in [-0.05, 0) is 48.7 Å². The second kappa shape index (κ2) is 11.4. The van der Waals surface area contributed by atoms with Gasteiger partial charge in [0.2, 0.25) is 21.7 Å². The van der Waals surface area contributed by atoms with Gasteiger partial charge in [-0.3, -0.25) is 4.79 Å². The number of halogens is 1. The molecule has 1 unspecified atom stereocenters. The fraction of sp³-hybridized carbons (Fsp3) is 0.458. The van der Waals surface area contributed by atoms with Crippen LogP contribution in [-0.2, 0) is 21.4 Å². The van der Waals surface area contributed by atoms with Crippen molar-refractivity contribution in [3.8, 4) is 23.0 Å². The minimum atomic E-state index is -3.81. The van der Waals surface area contributed by atoms with Crippen molar-refractivity contribution in [3.05, 3.63) is 40.9 Å². The van der Waals surface area contributed by atoms with Gasteiger partial charge in [0.25, 0.3) is 0 Å². The summed E-state index contributed by atoms with van der Waals surface area (Å²) in [7, 11) is 3.94. The Morgan fingerprint density at radius 1 is 1.03 bits per heavy atom. The van der Waals surface area contributed by atoms with Crippen LogP contribution in [0, 0.1) is 5.92 Å². The van der Waals surface area contributed by atoms with E-state index in [1.807, 2.05) is 0 Å². The van der Waals surface area contributed by atoms with Gasteiger partial charge in [0.1, 0.15) is 5.75 Å². The lowest BCUT2D eigenvalue weighted by atomic mass is 9.98. The van der Waals surface area contributed by atoms with E-state index in [1.54, 1.807) is 24.1 Å². The quantitative estimate of drug-likeness (QED) is 0.494. The number of carbonyl (C=O) groups is 1. The zero-order valence-corrected chi connectivity index (χ0v) is 22.1. The third-order valence-corrected chi connectivity index (χ3v) is 8.17. The van der Waals surface area contributed by atoms with Gasteiger partial charge in [0.15, 0.2) is 11.5 Å². The van der Waals surface area contributed by atoms with Crippen LogP contribution in [0.4, 0.5) is 0 Å². The van der Waals surface area contributed by atoms with Gasteiger partial charge >= 0.3 is 0 Å². The molecular formula is C24H31ClN2O7S. The van der Waals surface area contributed by atoms with Crippen LogP contribution in [0.25, 0.3) is 0 Å². The Kier molecular flexibility index (Phi) is 8.74. The van der Waals surface area contributed by atoms with Gasteiger partial charge in [0, 0.05) is 26.7 Å². The molecule has 3 rings (SSSR count). The molecule has 1 saturated heterocycles. The summed E-state index contributed by atoms with van der Waals surface area (Å²) in [4.78, 5) is 14.9. The molecule has 1 fully saturated rings. The van der Waals surface area contributed by atoms with Crippen LogP contribution in [0.2, 0.25) is 5.02 Å². The summed E-state index contributed by atoms with van der Waals surface area (Å²) >= 11 is 6.14. The number of sulfonamides is 1. The zero-order valence-electron chi connectivity index (χ0n) is 20.5. The summed E-state index contributed by atoms with van der Waals surface area (Å²) in [6.07, 6.45) is 1.19. The van der Waals surface area contributed by atoms with Crippen molar-refractivity contribution in [2.24, 2.45) is 5.92 Å². The fourth-order valence-electron chi connectivity index (χ4n) is 4.21. The topological polar surface area (TPSA) is 94.6 Å². The molecule has 2 aromatic carbocycles. The van der Waals surface area contributed by atoms with Gasteiger partial charge < -0.3 is 23.8 Å². The lowest BCUT2D eigenvalue weighted by Crippen LogP contribution is -2.45. The molecule has 9 nitrogen and oxygen atoms in total. The fourth-order valence-corrected chi connectivity index (χ4v) is 6.08. The van der Waals surface area contributed by atoms with Gasteiger partial charge in [0.05, 0.1) is 44.3 Å². The molecule has 0 N–H and O–H groups in total. The molecule has 1 heterocycles. The van der Waals surface area contributed by atoms with E-state index in [0.29, 0.717) is 48.9 Å². The number of hydrogen-bond donors (Lipinski definition) is 0.